The summed E-state index contributed by atoms with van der Waals surface area (Å²) in [6.07, 6.45) is 3.12. The van der Waals surface area contributed by atoms with Gasteiger partial charge in [0.25, 0.3) is 0 Å². The Bertz CT molecular complexity index is 835. The van der Waals surface area contributed by atoms with Gasteiger partial charge in [-0.2, -0.15) is 11.3 Å². The second kappa shape index (κ2) is 11.7. The number of thiophene rings is 1. The molecule has 1 fully saturated rings. The molecule has 4 N–H and O–H groups in total. The van der Waals surface area contributed by atoms with Crippen LogP contribution in [-0.4, -0.2) is 30.1 Å². The number of anilines is 1. The molecular formula is C22H31IN4O2S. The Balaban J connectivity index is 0.00000320. The third-order valence-electron chi connectivity index (χ3n) is 5.18. The van der Waals surface area contributed by atoms with Gasteiger partial charge in [0.1, 0.15) is 5.60 Å². The predicted octanol–water partition coefficient (Wildman–Crippen LogP) is 4.07. The van der Waals surface area contributed by atoms with Crippen LogP contribution in [0.5, 0.6) is 0 Å². The molecule has 0 aliphatic heterocycles. The van der Waals surface area contributed by atoms with Gasteiger partial charge in [-0.3, -0.25) is 4.79 Å². The molecule has 0 spiro atoms. The van der Waals surface area contributed by atoms with Gasteiger partial charge in [0.15, 0.2) is 5.96 Å². The number of benzene rings is 1. The molecule has 1 saturated carbocycles. The highest BCUT2D eigenvalue weighted by Gasteiger charge is 2.25. The lowest BCUT2D eigenvalue weighted by atomic mass is 9.85. The van der Waals surface area contributed by atoms with Gasteiger partial charge >= 0.3 is 0 Å². The van der Waals surface area contributed by atoms with Crippen LogP contribution in [0.1, 0.15) is 44.2 Å². The first kappa shape index (κ1) is 24.6. The van der Waals surface area contributed by atoms with E-state index in [1.54, 1.807) is 18.3 Å². The van der Waals surface area contributed by atoms with Crippen LogP contribution in [0.15, 0.2) is 46.1 Å². The lowest BCUT2D eigenvalue weighted by Gasteiger charge is -2.24. The highest BCUT2D eigenvalue weighted by Crippen LogP contribution is 2.27. The first-order valence-corrected chi connectivity index (χ1v) is 11.1. The van der Waals surface area contributed by atoms with Crippen molar-refractivity contribution in [2.75, 3.05) is 18.4 Å². The zero-order valence-corrected chi connectivity index (χ0v) is 20.6. The molecule has 0 bridgehead atoms. The Morgan fingerprint density at radius 1 is 1.30 bits per heavy atom. The number of nitrogens with one attached hydrogen (secondary N) is 3. The van der Waals surface area contributed by atoms with Gasteiger partial charge in [0.2, 0.25) is 5.91 Å². The Labute approximate surface area is 199 Å². The summed E-state index contributed by atoms with van der Waals surface area (Å²) in [5.41, 5.74) is 1.74. The normalized spacial score (nSPS) is 16.0. The van der Waals surface area contributed by atoms with Crippen LogP contribution < -0.4 is 16.0 Å². The van der Waals surface area contributed by atoms with E-state index in [-0.39, 0.29) is 35.8 Å². The number of aliphatic hydroxyl groups is 1. The number of rotatable bonds is 8. The van der Waals surface area contributed by atoms with E-state index in [0.717, 1.165) is 42.6 Å². The highest BCUT2D eigenvalue weighted by atomic mass is 127. The summed E-state index contributed by atoms with van der Waals surface area (Å²) in [5.74, 6) is 0.923. The maximum atomic E-state index is 12.2. The van der Waals surface area contributed by atoms with Crippen molar-refractivity contribution in [3.8, 4) is 0 Å². The molecule has 0 radical (unpaired) electrons. The van der Waals surface area contributed by atoms with Crippen LogP contribution in [0, 0.1) is 5.92 Å². The van der Waals surface area contributed by atoms with Crippen molar-refractivity contribution >= 4 is 52.9 Å². The maximum absolute atomic E-state index is 12.2. The molecule has 0 saturated heterocycles. The number of guanidine groups is 1. The number of halogens is 1. The standard InChI is InChI=1S/C22H30N4O2S.HI/c1-3-23-21(25-15-22(2,28)18-10-11-29-14-18)24-13-16-6-4-9-19(12-16)26-20(27)17-7-5-8-17;/h4,6,9-12,14,17,28H,3,5,7-8,13,15H2,1-2H3,(H,26,27)(H2,23,24,25);1H. The Hall–Kier alpha value is -1.65. The largest absolute Gasteiger partial charge is 0.384 e. The number of carbonyl (C=O) groups is 1. The molecule has 1 amide bonds. The number of hydrogen-bond donors (Lipinski definition) is 4. The van der Waals surface area contributed by atoms with E-state index in [2.05, 4.69) is 20.9 Å². The summed E-state index contributed by atoms with van der Waals surface area (Å²) in [4.78, 5) is 16.8. The topological polar surface area (TPSA) is 85.8 Å². The fraction of sp³-hybridized carbons (Fsp3) is 0.455. The first-order chi connectivity index (χ1) is 14.0. The Kier molecular flexibility index (Phi) is 9.57. The van der Waals surface area contributed by atoms with Crippen LogP contribution in [0.2, 0.25) is 0 Å². The number of aliphatic imine (C=N–C) groups is 1. The van der Waals surface area contributed by atoms with Gasteiger partial charge in [-0.05, 0) is 66.8 Å². The van der Waals surface area contributed by atoms with Crippen LogP contribution >= 0.6 is 35.3 Å². The summed E-state index contributed by atoms with van der Waals surface area (Å²) in [5, 5.41) is 24.0. The van der Waals surface area contributed by atoms with Crippen LogP contribution in [-0.2, 0) is 16.9 Å². The zero-order valence-electron chi connectivity index (χ0n) is 17.5. The summed E-state index contributed by atoms with van der Waals surface area (Å²) in [7, 11) is 0. The molecule has 30 heavy (non-hydrogen) atoms. The monoisotopic (exact) mass is 542 g/mol. The third-order valence-corrected chi connectivity index (χ3v) is 5.86. The summed E-state index contributed by atoms with van der Waals surface area (Å²) < 4.78 is 0. The molecule has 2 aromatic rings. The predicted molar refractivity (Wildman–Crippen MR) is 135 cm³/mol. The molecule has 8 heteroatoms. The SMILES string of the molecule is CCNC(=NCc1cccc(NC(=O)C2CCC2)c1)NCC(C)(O)c1ccsc1.I. The van der Waals surface area contributed by atoms with Crippen molar-refractivity contribution in [3.63, 3.8) is 0 Å². The highest BCUT2D eigenvalue weighted by molar-refractivity contribution is 14.0. The maximum Gasteiger partial charge on any atom is 0.227 e. The molecule has 3 rings (SSSR count). The summed E-state index contributed by atoms with van der Waals surface area (Å²) in [6.45, 7) is 5.35. The number of amides is 1. The van der Waals surface area contributed by atoms with E-state index >= 15 is 0 Å². The third kappa shape index (κ3) is 6.95. The van der Waals surface area contributed by atoms with E-state index in [1.165, 1.54) is 0 Å². The molecule has 1 heterocycles. The fourth-order valence-electron chi connectivity index (χ4n) is 3.10. The lowest BCUT2D eigenvalue weighted by molar-refractivity contribution is -0.122. The molecule has 1 aromatic carbocycles. The van der Waals surface area contributed by atoms with E-state index in [9.17, 15) is 9.90 Å². The average molecular weight is 542 g/mol. The lowest BCUT2D eigenvalue weighted by Crippen LogP contribution is -2.44. The van der Waals surface area contributed by atoms with E-state index in [4.69, 9.17) is 0 Å². The first-order valence-electron chi connectivity index (χ1n) is 10.1. The Morgan fingerprint density at radius 3 is 2.73 bits per heavy atom. The number of carbonyl (C=O) groups excluding carboxylic acids is 1. The van der Waals surface area contributed by atoms with E-state index in [1.807, 2.05) is 48.0 Å². The van der Waals surface area contributed by atoms with Crippen molar-refractivity contribution in [3.05, 3.63) is 52.2 Å². The average Bonchev–Trinajstić information content (AvgIpc) is 3.18. The van der Waals surface area contributed by atoms with Gasteiger partial charge in [0, 0.05) is 18.2 Å². The number of hydrogen-bond acceptors (Lipinski definition) is 4. The Morgan fingerprint density at radius 2 is 2.10 bits per heavy atom. The van der Waals surface area contributed by atoms with Gasteiger partial charge in [-0.1, -0.05) is 18.6 Å². The molecule has 1 unspecified atom stereocenters. The van der Waals surface area contributed by atoms with Crippen molar-refractivity contribution in [1.29, 1.82) is 0 Å². The summed E-state index contributed by atoms with van der Waals surface area (Å²) >= 11 is 1.57. The summed E-state index contributed by atoms with van der Waals surface area (Å²) in [6, 6.07) is 9.73. The van der Waals surface area contributed by atoms with Crippen molar-refractivity contribution < 1.29 is 9.90 Å². The van der Waals surface area contributed by atoms with Crippen molar-refractivity contribution in [2.24, 2.45) is 10.9 Å². The zero-order chi connectivity index (χ0) is 20.7. The smallest absolute Gasteiger partial charge is 0.227 e. The van der Waals surface area contributed by atoms with Gasteiger partial charge in [0.05, 0.1) is 13.1 Å². The molecule has 6 nitrogen and oxygen atoms in total. The van der Waals surface area contributed by atoms with Crippen molar-refractivity contribution in [1.82, 2.24) is 10.6 Å². The van der Waals surface area contributed by atoms with Crippen LogP contribution in [0.3, 0.4) is 0 Å². The molecule has 164 valence electrons. The minimum absolute atomic E-state index is 0. The second-order valence-electron chi connectivity index (χ2n) is 7.65. The van der Waals surface area contributed by atoms with Gasteiger partial charge in [-0.25, -0.2) is 4.99 Å². The number of nitrogens with zero attached hydrogens (tertiary/aromatic N) is 1. The van der Waals surface area contributed by atoms with Gasteiger partial charge < -0.3 is 21.1 Å². The van der Waals surface area contributed by atoms with Crippen LogP contribution in [0.4, 0.5) is 5.69 Å². The van der Waals surface area contributed by atoms with Gasteiger partial charge in [-0.15, -0.1) is 24.0 Å². The van der Waals surface area contributed by atoms with Crippen molar-refractivity contribution in [2.45, 2.75) is 45.3 Å². The van der Waals surface area contributed by atoms with E-state index in [0.29, 0.717) is 19.0 Å². The molecule has 1 aliphatic rings. The van der Waals surface area contributed by atoms with E-state index < -0.39 is 5.60 Å². The molecule has 1 aliphatic carbocycles. The second-order valence-corrected chi connectivity index (χ2v) is 8.43. The molecule has 1 aromatic heterocycles. The minimum Gasteiger partial charge on any atom is -0.384 e. The fourth-order valence-corrected chi connectivity index (χ4v) is 3.89. The minimum atomic E-state index is -0.970. The quantitative estimate of drug-likeness (QED) is 0.230. The van der Waals surface area contributed by atoms with Crippen LogP contribution in [0.25, 0.3) is 0 Å². The molecule has 1 atom stereocenters. The molecular weight excluding hydrogens is 511 g/mol.